The zero-order chi connectivity index (χ0) is 14.7. The van der Waals surface area contributed by atoms with Gasteiger partial charge in [0.05, 0.1) is 19.0 Å². The molecule has 0 fully saturated rings. The molecule has 1 aromatic heterocycles. The van der Waals surface area contributed by atoms with Crippen molar-refractivity contribution in [3.05, 3.63) is 51.2 Å². The van der Waals surface area contributed by atoms with Crippen LogP contribution in [0.1, 0.15) is 18.5 Å². The maximum Gasteiger partial charge on any atom is 0.285 e. The molecule has 2 N–H and O–H groups in total. The van der Waals surface area contributed by atoms with Gasteiger partial charge >= 0.3 is 0 Å². The summed E-state index contributed by atoms with van der Waals surface area (Å²) in [6.45, 7) is 1.82. The monoisotopic (exact) mass is 297 g/mol. The van der Waals surface area contributed by atoms with E-state index in [1.54, 1.807) is 12.1 Å². The van der Waals surface area contributed by atoms with Crippen molar-refractivity contribution in [2.75, 3.05) is 12.4 Å². The highest BCUT2D eigenvalue weighted by molar-refractivity contribution is 6.32. The molecule has 1 atom stereocenters. The van der Waals surface area contributed by atoms with Crippen LogP contribution >= 0.6 is 11.6 Å². The summed E-state index contributed by atoms with van der Waals surface area (Å²) >= 11 is 5.86. The molecule has 0 aliphatic carbocycles. The SMILES string of the molecule is COc1ccc([C@@H](C)Nc2cn[nH]c(=O)c2Cl)cc1F. The Balaban J connectivity index is 2.24. The Morgan fingerprint density at radius 1 is 1.50 bits per heavy atom. The third kappa shape index (κ3) is 2.91. The third-order valence-electron chi connectivity index (χ3n) is 2.84. The number of anilines is 1. The Morgan fingerprint density at radius 2 is 2.25 bits per heavy atom. The number of ether oxygens (including phenoxy) is 1. The molecule has 0 aliphatic rings. The number of methoxy groups -OCH3 is 1. The fraction of sp³-hybridized carbons (Fsp3) is 0.231. The number of benzene rings is 1. The van der Waals surface area contributed by atoms with E-state index in [4.69, 9.17) is 16.3 Å². The van der Waals surface area contributed by atoms with Gasteiger partial charge < -0.3 is 10.1 Å². The number of aromatic amines is 1. The molecule has 2 aromatic rings. The molecule has 2 rings (SSSR count). The van der Waals surface area contributed by atoms with Crippen LogP contribution in [-0.4, -0.2) is 17.3 Å². The van der Waals surface area contributed by atoms with E-state index < -0.39 is 11.4 Å². The van der Waals surface area contributed by atoms with Crippen molar-refractivity contribution in [3.63, 3.8) is 0 Å². The quantitative estimate of drug-likeness (QED) is 0.910. The van der Waals surface area contributed by atoms with Gasteiger partial charge in [0.15, 0.2) is 11.6 Å². The lowest BCUT2D eigenvalue weighted by molar-refractivity contribution is 0.386. The maximum atomic E-state index is 13.6. The summed E-state index contributed by atoms with van der Waals surface area (Å²) in [5, 5.41) is 8.91. The van der Waals surface area contributed by atoms with Gasteiger partial charge in [-0.2, -0.15) is 5.10 Å². The van der Waals surface area contributed by atoms with Crippen molar-refractivity contribution < 1.29 is 9.13 Å². The molecule has 5 nitrogen and oxygen atoms in total. The molecule has 20 heavy (non-hydrogen) atoms. The van der Waals surface area contributed by atoms with Crippen molar-refractivity contribution in [1.82, 2.24) is 10.2 Å². The third-order valence-corrected chi connectivity index (χ3v) is 3.22. The van der Waals surface area contributed by atoms with Crippen LogP contribution in [0, 0.1) is 5.82 Å². The first kappa shape index (κ1) is 14.3. The minimum absolute atomic E-state index is 0.0147. The van der Waals surface area contributed by atoms with Gasteiger partial charge in [0, 0.05) is 6.04 Å². The lowest BCUT2D eigenvalue weighted by Crippen LogP contribution is -2.14. The number of nitrogens with zero attached hydrogens (tertiary/aromatic N) is 1. The number of hydrogen-bond acceptors (Lipinski definition) is 4. The summed E-state index contributed by atoms with van der Waals surface area (Å²) in [6, 6.07) is 4.39. The van der Waals surface area contributed by atoms with Crippen LogP contribution in [0.25, 0.3) is 0 Å². The van der Waals surface area contributed by atoms with Gasteiger partial charge in [-0.05, 0) is 24.6 Å². The van der Waals surface area contributed by atoms with Crippen molar-refractivity contribution in [2.24, 2.45) is 0 Å². The van der Waals surface area contributed by atoms with Gasteiger partial charge in [-0.25, -0.2) is 9.49 Å². The summed E-state index contributed by atoms with van der Waals surface area (Å²) in [5.41, 5.74) is 0.601. The van der Waals surface area contributed by atoms with Gasteiger partial charge in [-0.15, -0.1) is 0 Å². The molecule has 0 saturated heterocycles. The van der Waals surface area contributed by atoms with Crippen LogP contribution in [0.4, 0.5) is 10.1 Å². The topological polar surface area (TPSA) is 67.0 Å². The summed E-state index contributed by atoms with van der Waals surface area (Å²) in [4.78, 5) is 11.3. The Bertz CT molecular complexity index is 675. The van der Waals surface area contributed by atoms with Gasteiger partial charge in [-0.3, -0.25) is 4.79 Å². The van der Waals surface area contributed by atoms with E-state index >= 15 is 0 Å². The largest absolute Gasteiger partial charge is 0.494 e. The van der Waals surface area contributed by atoms with E-state index in [2.05, 4.69) is 15.5 Å². The lowest BCUT2D eigenvalue weighted by Gasteiger charge is -2.16. The molecule has 106 valence electrons. The molecule has 0 unspecified atom stereocenters. The predicted octanol–water partition coefficient (Wildman–Crippen LogP) is 2.74. The molecule has 0 bridgehead atoms. The molecule has 0 aliphatic heterocycles. The second-order valence-electron chi connectivity index (χ2n) is 4.19. The first-order chi connectivity index (χ1) is 9.52. The van der Waals surface area contributed by atoms with Crippen molar-refractivity contribution in [1.29, 1.82) is 0 Å². The molecule has 1 heterocycles. The van der Waals surface area contributed by atoms with Gasteiger partial charge in [-0.1, -0.05) is 17.7 Å². The Labute approximate surface area is 119 Å². The highest BCUT2D eigenvalue weighted by Gasteiger charge is 2.12. The number of halogens is 2. The molecule has 7 heteroatoms. The Morgan fingerprint density at radius 3 is 2.90 bits per heavy atom. The number of aromatic nitrogens is 2. The van der Waals surface area contributed by atoms with Crippen LogP contribution in [0.15, 0.2) is 29.2 Å². The second-order valence-corrected chi connectivity index (χ2v) is 4.56. The average molecular weight is 298 g/mol. The highest BCUT2D eigenvalue weighted by atomic mass is 35.5. The van der Waals surface area contributed by atoms with E-state index in [0.29, 0.717) is 11.3 Å². The van der Waals surface area contributed by atoms with E-state index in [0.717, 1.165) is 0 Å². The minimum Gasteiger partial charge on any atom is -0.494 e. The minimum atomic E-state index is -0.482. The fourth-order valence-corrected chi connectivity index (χ4v) is 1.90. The van der Waals surface area contributed by atoms with Crippen LogP contribution < -0.4 is 15.6 Å². The van der Waals surface area contributed by atoms with E-state index in [1.165, 1.54) is 19.4 Å². The second kappa shape index (κ2) is 5.92. The van der Waals surface area contributed by atoms with E-state index in [9.17, 15) is 9.18 Å². The summed E-state index contributed by atoms with van der Waals surface area (Å²) in [5.74, 6) is -0.273. The Hall–Kier alpha value is -2.08. The molecule has 0 spiro atoms. The molecule has 0 saturated carbocycles. The zero-order valence-corrected chi connectivity index (χ0v) is 11.7. The maximum absolute atomic E-state index is 13.6. The summed E-state index contributed by atoms with van der Waals surface area (Å²) < 4.78 is 18.5. The highest BCUT2D eigenvalue weighted by Crippen LogP contribution is 2.25. The number of H-pyrrole nitrogens is 1. The zero-order valence-electron chi connectivity index (χ0n) is 10.9. The first-order valence-corrected chi connectivity index (χ1v) is 6.24. The number of hydrogen-bond donors (Lipinski definition) is 2. The average Bonchev–Trinajstić information content (AvgIpc) is 2.43. The number of nitrogens with one attached hydrogen (secondary N) is 2. The van der Waals surface area contributed by atoms with Crippen molar-refractivity contribution in [2.45, 2.75) is 13.0 Å². The van der Waals surface area contributed by atoms with Crippen LogP contribution in [-0.2, 0) is 0 Å². The van der Waals surface area contributed by atoms with Crippen LogP contribution in [0.2, 0.25) is 5.02 Å². The van der Waals surface area contributed by atoms with Gasteiger partial charge in [0.25, 0.3) is 5.56 Å². The van der Waals surface area contributed by atoms with Crippen LogP contribution in [0.5, 0.6) is 5.75 Å². The molecule has 0 amide bonds. The Kier molecular flexibility index (Phi) is 4.24. The molecular weight excluding hydrogens is 285 g/mol. The summed E-state index contributed by atoms with van der Waals surface area (Å²) in [6.07, 6.45) is 1.40. The molecular formula is C13H13ClFN3O2. The van der Waals surface area contributed by atoms with E-state index in [-0.39, 0.29) is 16.8 Å². The standard InChI is InChI=1S/C13H13ClFN3O2/c1-7(8-3-4-11(20-2)9(15)5-8)17-10-6-16-18-13(19)12(10)14/h3-7H,1-2H3,(H2,17,18,19)/t7-/m1/s1. The first-order valence-electron chi connectivity index (χ1n) is 5.86. The van der Waals surface area contributed by atoms with Crippen LogP contribution in [0.3, 0.4) is 0 Å². The molecule has 1 aromatic carbocycles. The van der Waals surface area contributed by atoms with Crippen molar-refractivity contribution in [3.8, 4) is 5.75 Å². The summed E-state index contributed by atoms with van der Waals surface area (Å²) in [7, 11) is 1.40. The lowest BCUT2D eigenvalue weighted by atomic mass is 10.1. The molecule has 0 radical (unpaired) electrons. The smallest absolute Gasteiger partial charge is 0.285 e. The number of rotatable bonds is 4. The predicted molar refractivity (Wildman–Crippen MR) is 74.9 cm³/mol. The fourth-order valence-electron chi connectivity index (χ4n) is 1.75. The van der Waals surface area contributed by atoms with Crippen molar-refractivity contribution >= 4 is 17.3 Å². The van der Waals surface area contributed by atoms with Gasteiger partial charge in [0.2, 0.25) is 0 Å². The normalized spacial score (nSPS) is 12.0. The van der Waals surface area contributed by atoms with E-state index in [1.807, 2.05) is 6.92 Å². The van der Waals surface area contributed by atoms with Gasteiger partial charge in [0.1, 0.15) is 5.02 Å².